The van der Waals surface area contributed by atoms with Crippen molar-refractivity contribution < 1.29 is 9.90 Å². The fraction of sp³-hybridized carbons (Fsp3) is 0.632. The van der Waals surface area contributed by atoms with Crippen LogP contribution in [0.15, 0.2) is 24.3 Å². The van der Waals surface area contributed by atoms with Gasteiger partial charge in [0.1, 0.15) is 0 Å². The summed E-state index contributed by atoms with van der Waals surface area (Å²) in [6.07, 6.45) is 5.15. The minimum Gasteiger partial charge on any atom is -0.393 e. The van der Waals surface area contributed by atoms with Gasteiger partial charge in [0.05, 0.1) is 6.10 Å². The molecule has 1 saturated carbocycles. The molecule has 0 aliphatic heterocycles. The van der Waals surface area contributed by atoms with Crippen molar-refractivity contribution in [1.29, 1.82) is 0 Å². The van der Waals surface area contributed by atoms with E-state index in [1.54, 1.807) is 18.9 Å². The highest BCUT2D eigenvalue weighted by Gasteiger charge is 2.56. The fourth-order valence-electron chi connectivity index (χ4n) is 4.06. The van der Waals surface area contributed by atoms with Crippen molar-refractivity contribution in [2.45, 2.75) is 50.5 Å². The van der Waals surface area contributed by atoms with Gasteiger partial charge < -0.3 is 15.3 Å². The van der Waals surface area contributed by atoms with Crippen LogP contribution in [0.25, 0.3) is 0 Å². The Labute approximate surface area is 138 Å². The maximum absolute atomic E-state index is 12.1. The summed E-state index contributed by atoms with van der Waals surface area (Å²) >= 11 is 0. The Morgan fingerprint density at radius 1 is 1.48 bits per heavy atom. The van der Waals surface area contributed by atoms with E-state index in [0.29, 0.717) is 24.3 Å². The van der Waals surface area contributed by atoms with Gasteiger partial charge in [0, 0.05) is 25.6 Å². The third-order valence-corrected chi connectivity index (χ3v) is 5.58. The van der Waals surface area contributed by atoms with Crippen molar-refractivity contribution in [1.82, 2.24) is 10.2 Å². The molecule has 0 aromatic heterocycles. The lowest BCUT2D eigenvalue weighted by Gasteiger charge is -2.27. The fourth-order valence-corrected chi connectivity index (χ4v) is 4.06. The van der Waals surface area contributed by atoms with Crippen LogP contribution in [0.2, 0.25) is 0 Å². The molecule has 126 valence electrons. The lowest BCUT2D eigenvalue weighted by molar-refractivity contribution is 0.163. The van der Waals surface area contributed by atoms with Crippen molar-refractivity contribution in [2.24, 2.45) is 5.92 Å². The van der Waals surface area contributed by atoms with Gasteiger partial charge in [0.25, 0.3) is 0 Å². The summed E-state index contributed by atoms with van der Waals surface area (Å²) in [5.41, 5.74) is 3.34. The van der Waals surface area contributed by atoms with Crippen LogP contribution in [0, 0.1) is 5.92 Å². The molecule has 0 heterocycles. The molecule has 0 bridgehead atoms. The molecule has 4 heteroatoms. The summed E-state index contributed by atoms with van der Waals surface area (Å²) in [7, 11) is 1.79. The highest BCUT2D eigenvalue weighted by molar-refractivity contribution is 5.73. The molecular formula is C19H28N2O2. The number of hydrogen-bond donors (Lipinski definition) is 2. The first-order valence-electron chi connectivity index (χ1n) is 8.78. The van der Waals surface area contributed by atoms with Crippen molar-refractivity contribution in [2.75, 3.05) is 20.1 Å². The number of aliphatic hydroxyl groups is 1. The zero-order valence-corrected chi connectivity index (χ0v) is 14.2. The highest BCUT2D eigenvalue weighted by atomic mass is 16.3. The topological polar surface area (TPSA) is 52.6 Å². The smallest absolute Gasteiger partial charge is 0.317 e. The quantitative estimate of drug-likeness (QED) is 0.877. The molecule has 0 radical (unpaired) electrons. The molecule has 2 N–H and O–H groups in total. The number of nitrogens with one attached hydrogen (secondary N) is 1. The second kappa shape index (κ2) is 6.52. The standard InChI is InChI=1S/C19H28N2O2/c1-14(22)9-11-21(2)18(23)20-13-16-12-19(16)10-5-7-15-6-3-4-8-17(15)19/h3-4,6,8,14,16,22H,5,7,9-13H2,1-2H3,(H,20,23)/t14-,16-,19-/m0/s1. The highest BCUT2D eigenvalue weighted by Crippen LogP contribution is 2.59. The van der Waals surface area contributed by atoms with Gasteiger partial charge in [-0.1, -0.05) is 24.3 Å². The average Bonchev–Trinajstić information content (AvgIpc) is 3.24. The Hall–Kier alpha value is -1.55. The van der Waals surface area contributed by atoms with Crippen LogP contribution in [-0.2, 0) is 11.8 Å². The second-order valence-electron chi connectivity index (χ2n) is 7.31. The molecule has 1 aromatic carbocycles. The van der Waals surface area contributed by atoms with Gasteiger partial charge in [-0.05, 0) is 56.1 Å². The molecule has 4 nitrogen and oxygen atoms in total. The van der Waals surface area contributed by atoms with Gasteiger partial charge in [0.2, 0.25) is 0 Å². The van der Waals surface area contributed by atoms with Gasteiger partial charge in [-0.2, -0.15) is 0 Å². The van der Waals surface area contributed by atoms with Gasteiger partial charge in [-0.3, -0.25) is 0 Å². The van der Waals surface area contributed by atoms with E-state index in [1.807, 2.05) is 0 Å². The van der Waals surface area contributed by atoms with E-state index in [0.717, 1.165) is 6.54 Å². The van der Waals surface area contributed by atoms with E-state index >= 15 is 0 Å². The van der Waals surface area contributed by atoms with Crippen molar-refractivity contribution >= 4 is 6.03 Å². The number of hydrogen-bond acceptors (Lipinski definition) is 2. The Bertz CT molecular complexity index is 572. The maximum atomic E-state index is 12.1. The molecule has 23 heavy (non-hydrogen) atoms. The Morgan fingerprint density at radius 2 is 2.26 bits per heavy atom. The summed E-state index contributed by atoms with van der Waals surface area (Å²) in [6, 6.07) is 8.79. The van der Waals surface area contributed by atoms with E-state index in [1.165, 1.54) is 36.8 Å². The van der Waals surface area contributed by atoms with Gasteiger partial charge >= 0.3 is 6.03 Å². The third-order valence-electron chi connectivity index (χ3n) is 5.58. The molecule has 2 aliphatic carbocycles. The Morgan fingerprint density at radius 3 is 3.04 bits per heavy atom. The summed E-state index contributed by atoms with van der Waals surface area (Å²) in [4.78, 5) is 13.8. The van der Waals surface area contributed by atoms with E-state index in [-0.39, 0.29) is 12.1 Å². The SMILES string of the molecule is C[C@H](O)CCN(C)C(=O)NC[C@@H]1C[C@@]12CCCc1ccccc12. The van der Waals surface area contributed by atoms with Crippen LogP contribution in [0.5, 0.6) is 0 Å². The van der Waals surface area contributed by atoms with Crippen LogP contribution in [-0.4, -0.2) is 42.3 Å². The number of fused-ring (bicyclic) bond motifs is 2. The Balaban J connectivity index is 1.53. The van der Waals surface area contributed by atoms with Gasteiger partial charge in [-0.15, -0.1) is 0 Å². The number of nitrogens with zero attached hydrogens (tertiary/aromatic N) is 1. The Kier molecular flexibility index (Phi) is 4.62. The largest absolute Gasteiger partial charge is 0.393 e. The molecule has 1 aromatic rings. The zero-order valence-electron chi connectivity index (χ0n) is 14.2. The number of carbonyl (C=O) groups excluding carboxylic acids is 1. The molecule has 2 aliphatic rings. The molecule has 3 atom stereocenters. The third kappa shape index (κ3) is 3.37. The molecule has 2 amide bonds. The van der Waals surface area contributed by atoms with Crippen molar-refractivity contribution in [3.63, 3.8) is 0 Å². The number of carbonyl (C=O) groups is 1. The monoisotopic (exact) mass is 316 g/mol. The zero-order chi connectivity index (χ0) is 16.4. The summed E-state index contributed by atoms with van der Waals surface area (Å²) < 4.78 is 0. The van der Waals surface area contributed by atoms with Gasteiger partial charge in [-0.25, -0.2) is 4.79 Å². The van der Waals surface area contributed by atoms with Crippen LogP contribution < -0.4 is 5.32 Å². The summed E-state index contributed by atoms with van der Waals surface area (Å²) in [6.45, 7) is 3.09. The van der Waals surface area contributed by atoms with Crippen molar-refractivity contribution in [3.8, 4) is 0 Å². The van der Waals surface area contributed by atoms with E-state index < -0.39 is 0 Å². The first kappa shape index (κ1) is 16.3. The molecule has 0 unspecified atom stereocenters. The predicted octanol–water partition coefficient (Wildman–Crippen LogP) is 2.69. The molecule has 1 spiro atoms. The molecule has 1 fully saturated rings. The number of rotatable bonds is 5. The predicted molar refractivity (Wildman–Crippen MR) is 91.5 cm³/mol. The average molecular weight is 316 g/mol. The van der Waals surface area contributed by atoms with Crippen LogP contribution >= 0.6 is 0 Å². The van der Waals surface area contributed by atoms with E-state index in [4.69, 9.17) is 0 Å². The minimum absolute atomic E-state index is 0.0307. The molecular weight excluding hydrogens is 288 g/mol. The summed E-state index contributed by atoms with van der Waals surface area (Å²) in [5, 5.41) is 12.4. The van der Waals surface area contributed by atoms with E-state index in [9.17, 15) is 9.90 Å². The number of urea groups is 1. The van der Waals surface area contributed by atoms with Crippen LogP contribution in [0.1, 0.15) is 43.7 Å². The second-order valence-corrected chi connectivity index (χ2v) is 7.31. The molecule has 3 rings (SSSR count). The van der Waals surface area contributed by atoms with E-state index in [2.05, 4.69) is 29.6 Å². The minimum atomic E-state index is -0.365. The first-order chi connectivity index (χ1) is 11.0. The number of benzene rings is 1. The lowest BCUT2D eigenvalue weighted by Crippen LogP contribution is -2.40. The lowest BCUT2D eigenvalue weighted by atomic mass is 9.78. The number of amides is 2. The summed E-state index contributed by atoms with van der Waals surface area (Å²) in [5.74, 6) is 0.568. The number of aliphatic hydroxyl groups excluding tert-OH is 1. The van der Waals surface area contributed by atoms with Gasteiger partial charge in [0.15, 0.2) is 0 Å². The maximum Gasteiger partial charge on any atom is 0.317 e. The number of aryl methyl sites for hydroxylation is 1. The first-order valence-corrected chi connectivity index (χ1v) is 8.78. The van der Waals surface area contributed by atoms with Crippen LogP contribution in [0.4, 0.5) is 4.79 Å². The van der Waals surface area contributed by atoms with Crippen LogP contribution in [0.3, 0.4) is 0 Å². The molecule has 0 saturated heterocycles. The van der Waals surface area contributed by atoms with Crippen molar-refractivity contribution in [3.05, 3.63) is 35.4 Å². The normalized spacial score (nSPS) is 26.5.